The average Bonchev–Trinajstić information content (AvgIpc) is 3.09. The van der Waals surface area contributed by atoms with Gasteiger partial charge in [-0.3, -0.25) is 9.80 Å². The molecule has 4 nitrogen and oxygen atoms in total. The number of hydrogen-bond acceptors (Lipinski definition) is 4. The third kappa shape index (κ3) is 6.23. The molecular weight excluding hydrogens is 383 g/mol. The van der Waals surface area contributed by atoms with E-state index < -0.39 is 0 Å². The Kier molecular flexibility index (Phi) is 9.17. The van der Waals surface area contributed by atoms with Crippen LogP contribution in [0.2, 0.25) is 0 Å². The van der Waals surface area contributed by atoms with Gasteiger partial charge >= 0.3 is 0 Å². The van der Waals surface area contributed by atoms with Gasteiger partial charge < -0.3 is 9.47 Å². The molecule has 27 heavy (non-hydrogen) atoms. The van der Waals surface area contributed by atoms with Gasteiger partial charge in [-0.25, -0.2) is 0 Å². The lowest BCUT2D eigenvalue weighted by Crippen LogP contribution is -2.45. The Hall–Kier alpha value is -0.520. The zero-order valence-electron chi connectivity index (χ0n) is 16.4. The molecule has 0 radical (unpaired) electrons. The van der Waals surface area contributed by atoms with E-state index in [9.17, 15) is 0 Å². The largest absolute Gasteiger partial charge is 0.490 e. The van der Waals surface area contributed by atoms with Gasteiger partial charge in [-0.2, -0.15) is 0 Å². The highest BCUT2D eigenvalue weighted by Gasteiger charge is 2.32. The monoisotopic (exact) mass is 416 g/mol. The summed E-state index contributed by atoms with van der Waals surface area (Å²) < 4.78 is 11.6. The lowest BCUT2D eigenvalue weighted by atomic mass is 9.81. The molecular formula is C21H34Cl2N2O2. The third-order valence-corrected chi connectivity index (χ3v) is 6.02. The normalized spacial score (nSPS) is 26.0. The molecule has 1 aromatic carbocycles. The summed E-state index contributed by atoms with van der Waals surface area (Å²) in [6.07, 6.45) is 5.52. The maximum Gasteiger partial charge on any atom is 0.120 e. The zero-order chi connectivity index (χ0) is 17.1. The number of likely N-dealkylation sites (tertiary alicyclic amines) is 1. The number of benzene rings is 1. The van der Waals surface area contributed by atoms with E-state index in [4.69, 9.17) is 9.47 Å². The van der Waals surface area contributed by atoms with Crippen LogP contribution in [0.25, 0.3) is 0 Å². The van der Waals surface area contributed by atoms with E-state index in [-0.39, 0.29) is 24.8 Å². The molecule has 6 heteroatoms. The Morgan fingerprint density at radius 1 is 1.00 bits per heavy atom. The van der Waals surface area contributed by atoms with Crippen LogP contribution in [0.15, 0.2) is 18.2 Å². The second-order valence-electron chi connectivity index (χ2n) is 8.06. The molecule has 154 valence electrons. The van der Waals surface area contributed by atoms with E-state index in [1.54, 1.807) is 0 Å². The Balaban J connectivity index is 0.00000131. The number of halogens is 2. The molecule has 0 unspecified atom stereocenters. The SMILES string of the molecule is Cc1cc(O[C@H]2C[C@H](CN3CCOCC3)C2)ccc1CN1CCCC1.Cl.Cl. The van der Waals surface area contributed by atoms with Crippen molar-refractivity contribution in [1.82, 2.24) is 9.80 Å². The van der Waals surface area contributed by atoms with Crippen molar-refractivity contribution in [3.63, 3.8) is 0 Å². The van der Waals surface area contributed by atoms with Gasteiger partial charge in [-0.15, -0.1) is 24.8 Å². The average molecular weight is 417 g/mol. The van der Waals surface area contributed by atoms with E-state index in [1.807, 2.05) is 0 Å². The summed E-state index contributed by atoms with van der Waals surface area (Å²) >= 11 is 0. The molecule has 0 N–H and O–H groups in total. The van der Waals surface area contributed by atoms with Crippen LogP contribution in [0.5, 0.6) is 5.75 Å². The summed E-state index contributed by atoms with van der Waals surface area (Å²) in [4.78, 5) is 5.10. The van der Waals surface area contributed by atoms with Gasteiger partial charge in [0.1, 0.15) is 5.75 Å². The van der Waals surface area contributed by atoms with Gasteiger partial charge in [0.05, 0.1) is 19.3 Å². The Morgan fingerprint density at radius 3 is 2.37 bits per heavy atom. The van der Waals surface area contributed by atoms with Crippen LogP contribution in [0.4, 0.5) is 0 Å². The molecule has 1 aliphatic carbocycles. The fraction of sp³-hybridized carbons (Fsp3) is 0.714. The number of ether oxygens (including phenoxy) is 2. The maximum absolute atomic E-state index is 6.22. The van der Waals surface area contributed by atoms with Crippen molar-refractivity contribution in [2.75, 3.05) is 45.9 Å². The summed E-state index contributed by atoms with van der Waals surface area (Å²) in [6.45, 7) is 11.0. The van der Waals surface area contributed by atoms with Crippen molar-refractivity contribution < 1.29 is 9.47 Å². The minimum Gasteiger partial charge on any atom is -0.490 e. The minimum atomic E-state index is 0. The van der Waals surface area contributed by atoms with Crippen LogP contribution < -0.4 is 4.74 Å². The molecule has 2 aliphatic heterocycles. The van der Waals surface area contributed by atoms with E-state index in [0.717, 1.165) is 44.5 Å². The van der Waals surface area contributed by atoms with E-state index in [0.29, 0.717) is 6.10 Å². The Morgan fingerprint density at radius 2 is 1.70 bits per heavy atom. The van der Waals surface area contributed by atoms with Crippen LogP contribution in [0.1, 0.15) is 36.8 Å². The lowest BCUT2D eigenvalue weighted by Gasteiger charge is -2.39. The van der Waals surface area contributed by atoms with Gasteiger partial charge in [0.2, 0.25) is 0 Å². The smallest absolute Gasteiger partial charge is 0.120 e. The summed E-state index contributed by atoms with van der Waals surface area (Å²) in [5.41, 5.74) is 2.82. The molecule has 1 saturated carbocycles. The lowest BCUT2D eigenvalue weighted by molar-refractivity contribution is 0.000123. The summed E-state index contributed by atoms with van der Waals surface area (Å²) in [6, 6.07) is 6.68. The van der Waals surface area contributed by atoms with Crippen LogP contribution in [-0.2, 0) is 11.3 Å². The fourth-order valence-electron chi connectivity index (χ4n) is 4.36. The minimum absolute atomic E-state index is 0. The topological polar surface area (TPSA) is 24.9 Å². The fourth-order valence-corrected chi connectivity index (χ4v) is 4.36. The van der Waals surface area contributed by atoms with Crippen molar-refractivity contribution in [3.8, 4) is 5.75 Å². The summed E-state index contributed by atoms with van der Waals surface area (Å²) in [5, 5.41) is 0. The van der Waals surface area contributed by atoms with Gasteiger partial charge in [0, 0.05) is 26.2 Å². The van der Waals surface area contributed by atoms with Crippen LogP contribution in [-0.4, -0.2) is 61.8 Å². The number of hydrogen-bond donors (Lipinski definition) is 0. The molecule has 0 aromatic heterocycles. The molecule has 0 atom stereocenters. The van der Waals surface area contributed by atoms with Gasteiger partial charge in [0.25, 0.3) is 0 Å². The second-order valence-corrected chi connectivity index (χ2v) is 8.06. The molecule has 2 saturated heterocycles. The second kappa shape index (κ2) is 10.9. The molecule has 2 heterocycles. The quantitative estimate of drug-likeness (QED) is 0.701. The van der Waals surface area contributed by atoms with Gasteiger partial charge in [-0.1, -0.05) is 6.07 Å². The standard InChI is InChI=1S/C21H32N2O2.2ClH/c1-17-12-20(5-4-19(17)16-22-6-2-3-7-22)25-21-13-18(14-21)15-23-8-10-24-11-9-23;;/h4-5,12,18,21H,2-3,6-11,13-16H2,1H3;2*1H/t18-,21-;;. The Labute approximate surface area is 176 Å². The highest BCUT2D eigenvalue weighted by atomic mass is 35.5. The summed E-state index contributed by atoms with van der Waals surface area (Å²) in [5.74, 6) is 1.86. The summed E-state index contributed by atoms with van der Waals surface area (Å²) in [7, 11) is 0. The van der Waals surface area contributed by atoms with Crippen molar-refractivity contribution >= 4 is 24.8 Å². The first-order valence-corrected chi connectivity index (χ1v) is 10.0. The van der Waals surface area contributed by atoms with Gasteiger partial charge in [-0.05, 0) is 74.9 Å². The van der Waals surface area contributed by atoms with Gasteiger partial charge in [0.15, 0.2) is 0 Å². The van der Waals surface area contributed by atoms with Crippen LogP contribution in [0, 0.1) is 12.8 Å². The molecule has 0 amide bonds. The molecule has 4 rings (SSSR count). The molecule has 0 spiro atoms. The van der Waals surface area contributed by atoms with Crippen LogP contribution in [0.3, 0.4) is 0 Å². The molecule has 0 bridgehead atoms. The van der Waals surface area contributed by atoms with Crippen molar-refractivity contribution in [2.45, 2.75) is 45.3 Å². The maximum atomic E-state index is 6.22. The third-order valence-electron chi connectivity index (χ3n) is 6.02. The van der Waals surface area contributed by atoms with E-state index in [2.05, 4.69) is 34.9 Å². The Bertz CT molecular complexity index is 569. The van der Waals surface area contributed by atoms with Crippen LogP contribution >= 0.6 is 24.8 Å². The number of aryl methyl sites for hydroxylation is 1. The highest BCUT2D eigenvalue weighted by Crippen LogP contribution is 2.33. The first-order valence-electron chi connectivity index (χ1n) is 10.0. The molecule has 3 fully saturated rings. The van der Waals surface area contributed by atoms with E-state index in [1.165, 1.54) is 56.4 Å². The molecule has 3 aliphatic rings. The number of nitrogens with zero attached hydrogens (tertiary/aromatic N) is 2. The highest BCUT2D eigenvalue weighted by molar-refractivity contribution is 5.85. The first kappa shape index (κ1) is 22.8. The van der Waals surface area contributed by atoms with E-state index >= 15 is 0 Å². The van der Waals surface area contributed by atoms with Crippen molar-refractivity contribution in [1.29, 1.82) is 0 Å². The zero-order valence-corrected chi connectivity index (χ0v) is 18.0. The molecule has 1 aromatic rings. The van der Waals surface area contributed by atoms with Crippen molar-refractivity contribution in [2.24, 2.45) is 5.92 Å². The predicted molar refractivity (Wildman–Crippen MR) is 115 cm³/mol. The van der Waals surface area contributed by atoms with Crippen molar-refractivity contribution in [3.05, 3.63) is 29.3 Å². The number of rotatable bonds is 6. The predicted octanol–water partition coefficient (Wildman–Crippen LogP) is 3.92. The number of morpholine rings is 1. The first-order chi connectivity index (χ1) is 12.3.